The van der Waals surface area contributed by atoms with E-state index in [4.69, 9.17) is 10.5 Å². The normalized spacial score (nSPS) is 20.2. The first-order valence-corrected chi connectivity index (χ1v) is 6.04. The third-order valence-corrected chi connectivity index (χ3v) is 3.40. The predicted octanol–water partition coefficient (Wildman–Crippen LogP) is 1.96. The Kier molecular flexibility index (Phi) is 2.52. The molecule has 0 aliphatic carbocycles. The van der Waals surface area contributed by atoms with Crippen LogP contribution in [0.5, 0.6) is 0 Å². The van der Waals surface area contributed by atoms with E-state index in [1.54, 1.807) is 0 Å². The minimum Gasteiger partial charge on any atom is -0.381 e. The summed E-state index contributed by atoms with van der Waals surface area (Å²) in [6.07, 6.45) is 1.12. The maximum atomic E-state index is 5.99. The van der Waals surface area contributed by atoms with Gasteiger partial charge in [-0.15, -0.1) is 0 Å². The number of nitrogen functional groups attached to an aromatic ring is 1. The fourth-order valence-electron chi connectivity index (χ4n) is 2.44. The van der Waals surface area contributed by atoms with Crippen LogP contribution >= 0.6 is 0 Å². The molecule has 0 radical (unpaired) electrons. The summed E-state index contributed by atoms with van der Waals surface area (Å²) in [6, 6.07) is 6.28. The van der Waals surface area contributed by atoms with Crippen molar-refractivity contribution in [3.63, 3.8) is 0 Å². The maximum absolute atomic E-state index is 5.99. The van der Waals surface area contributed by atoms with Crippen molar-refractivity contribution in [2.75, 3.05) is 18.9 Å². The maximum Gasteiger partial charge on any atom is 0.201 e. The van der Waals surface area contributed by atoms with Gasteiger partial charge in [0.25, 0.3) is 0 Å². The molecular formula is C13H17N3O. The van der Waals surface area contributed by atoms with E-state index in [1.807, 2.05) is 0 Å². The molecule has 1 unspecified atom stereocenters. The Balaban J connectivity index is 1.99. The molecule has 1 aromatic heterocycles. The standard InChI is InChI=1S/C13H17N3O/c1-9-2-3-12-11(6-9)15-13(14)16(12)7-10-4-5-17-8-10/h2-3,6,10H,4-5,7-8H2,1H3,(H2,14,15). The number of hydrogen-bond donors (Lipinski definition) is 1. The van der Waals surface area contributed by atoms with Gasteiger partial charge in [0.2, 0.25) is 5.95 Å². The van der Waals surface area contributed by atoms with Crippen LogP contribution in [0.15, 0.2) is 18.2 Å². The van der Waals surface area contributed by atoms with E-state index in [2.05, 4.69) is 34.7 Å². The summed E-state index contributed by atoms with van der Waals surface area (Å²) in [5, 5.41) is 0. The molecular weight excluding hydrogens is 214 g/mol. The van der Waals surface area contributed by atoms with Gasteiger partial charge in [0.1, 0.15) is 0 Å². The summed E-state index contributed by atoms with van der Waals surface area (Å²) < 4.78 is 7.51. The van der Waals surface area contributed by atoms with Crippen LogP contribution in [-0.2, 0) is 11.3 Å². The van der Waals surface area contributed by atoms with Crippen molar-refractivity contribution in [1.29, 1.82) is 0 Å². The van der Waals surface area contributed by atoms with Crippen molar-refractivity contribution in [3.8, 4) is 0 Å². The van der Waals surface area contributed by atoms with E-state index in [-0.39, 0.29) is 0 Å². The van der Waals surface area contributed by atoms with Gasteiger partial charge < -0.3 is 15.0 Å². The quantitative estimate of drug-likeness (QED) is 0.859. The molecule has 1 fully saturated rings. The summed E-state index contributed by atoms with van der Waals surface area (Å²) in [5.74, 6) is 1.17. The molecule has 1 aliphatic rings. The Morgan fingerprint density at radius 3 is 3.18 bits per heavy atom. The highest BCUT2D eigenvalue weighted by molar-refractivity contribution is 5.79. The fourth-order valence-corrected chi connectivity index (χ4v) is 2.44. The molecule has 0 spiro atoms. The van der Waals surface area contributed by atoms with Gasteiger partial charge in [-0.25, -0.2) is 4.98 Å². The molecule has 2 aromatic rings. The molecule has 1 saturated heterocycles. The van der Waals surface area contributed by atoms with Gasteiger partial charge in [-0.3, -0.25) is 0 Å². The number of nitrogens with zero attached hydrogens (tertiary/aromatic N) is 2. The van der Waals surface area contributed by atoms with Crippen molar-refractivity contribution in [2.45, 2.75) is 19.9 Å². The molecule has 1 aromatic carbocycles. The molecule has 4 heteroatoms. The third-order valence-electron chi connectivity index (χ3n) is 3.40. The minimum absolute atomic E-state index is 0.566. The van der Waals surface area contributed by atoms with E-state index in [9.17, 15) is 0 Å². The Hall–Kier alpha value is -1.55. The van der Waals surface area contributed by atoms with Gasteiger partial charge in [-0.05, 0) is 31.0 Å². The highest BCUT2D eigenvalue weighted by Gasteiger charge is 2.18. The Labute approximate surface area is 100 Å². The van der Waals surface area contributed by atoms with E-state index in [0.717, 1.165) is 37.2 Å². The molecule has 0 saturated carbocycles. The highest BCUT2D eigenvalue weighted by Crippen LogP contribution is 2.23. The van der Waals surface area contributed by atoms with Crippen LogP contribution in [0.3, 0.4) is 0 Å². The number of hydrogen-bond acceptors (Lipinski definition) is 3. The minimum atomic E-state index is 0.566. The zero-order valence-corrected chi connectivity index (χ0v) is 10.0. The van der Waals surface area contributed by atoms with Gasteiger partial charge in [0.05, 0.1) is 17.6 Å². The van der Waals surface area contributed by atoms with Crippen LogP contribution in [0.4, 0.5) is 5.95 Å². The lowest BCUT2D eigenvalue weighted by Crippen LogP contribution is -2.12. The smallest absolute Gasteiger partial charge is 0.201 e. The molecule has 3 rings (SSSR count). The molecule has 0 amide bonds. The summed E-state index contributed by atoms with van der Waals surface area (Å²) in [5.41, 5.74) is 9.32. The average Bonchev–Trinajstić information content (AvgIpc) is 2.88. The molecule has 17 heavy (non-hydrogen) atoms. The van der Waals surface area contributed by atoms with Crippen LogP contribution in [0.2, 0.25) is 0 Å². The van der Waals surface area contributed by atoms with E-state index >= 15 is 0 Å². The number of aryl methyl sites for hydroxylation is 1. The zero-order chi connectivity index (χ0) is 11.8. The van der Waals surface area contributed by atoms with Gasteiger partial charge in [-0.1, -0.05) is 6.07 Å². The summed E-state index contributed by atoms with van der Waals surface area (Å²) >= 11 is 0. The van der Waals surface area contributed by atoms with Crippen LogP contribution in [0, 0.1) is 12.8 Å². The summed E-state index contributed by atoms with van der Waals surface area (Å²) in [6.45, 7) is 4.69. The molecule has 4 nitrogen and oxygen atoms in total. The number of imidazole rings is 1. The average molecular weight is 231 g/mol. The van der Waals surface area contributed by atoms with Crippen molar-refractivity contribution in [3.05, 3.63) is 23.8 Å². The molecule has 2 heterocycles. The molecule has 0 bridgehead atoms. The first kappa shape index (κ1) is 10.6. The molecule has 2 N–H and O–H groups in total. The lowest BCUT2D eigenvalue weighted by molar-refractivity contribution is 0.183. The SMILES string of the molecule is Cc1ccc2c(c1)nc(N)n2CC1CCOC1. The second-order valence-corrected chi connectivity index (χ2v) is 4.80. The van der Waals surface area contributed by atoms with Gasteiger partial charge in [-0.2, -0.15) is 0 Å². The van der Waals surface area contributed by atoms with Crippen molar-refractivity contribution in [1.82, 2.24) is 9.55 Å². The highest BCUT2D eigenvalue weighted by atomic mass is 16.5. The van der Waals surface area contributed by atoms with Crippen molar-refractivity contribution in [2.24, 2.45) is 5.92 Å². The molecule has 1 aliphatic heterocycles. The van der Waals surface area contributed by atoms with Gasteiger partial charge in [0, 0.05) is 19.1 Å². The van der Waals surface area contributed by atoms with Gasteiger partial charge in [0.15, 0.2) is 0 Å². The first-order valence-electron chi connectivity index (χ1n) is 6.04. The lowest BCUT2D eigenvalue weighted by Gasteiger charge is -2.11. The topological polar surface area (TPSA) is 53.1 Å². The summed E-state index contributed by atoms with van der Waals surface area (Å²) in [7, 11) is 0. The second kappa shape index (κ2) is 4.04. The van der Waals surface area contributed by atoms with Crippen LogP contribution in [0.1, 0.15) is 12.0 Å². The third kappa shape index (κ3) is 1.89. The number of fused-ring (bicyclic) bond motifs is 1. The lowest BCUT2D eigenvalue weighted by atomic mass is 10.1. The van der Waals surface area contributed by atoms with Crippen molar-refractivity contribution < 1.29 is 4.74 Å². The Morgan fingerprint density at radius 2 is 2.41 bits per heavy atom. The number of ether oxygens (including phenoxy) is 1. The number of benzene rings is 1. The second-order valence-electron chi connectivity index (χ2n) is 4.80. The predicted molar refractivity (Wildman–Crippen MR) is 67.8 cm³/mol. The number of anilines is 1. The monoisotopic (exact) mass is 231 g/mol. The van der Waals surface area contributed by atoms with Crippen molar-refractivity contribution >= 4 is 17.0 Å². The Morgan fingerprint density at radius 1 is 1.53 bits per heavy atom. The largest absolute Gasteiger partial charge is 0.381 e. The number of nitrogens with two attached hydrogens (primary N) is 1. The van der Waals surface area contributed by atoms with Crippen LogP contribution in [-0.4, -0.2) is 22.8 Å². The van der Waals surface area contributed by atoms with Crippen LogP contribution in [0.25, 0.3) is 11.0 Å². The molecule has 90 valence electrons. The summed E-state index contributed by atoms with van der Waals surface area (Å²) in [4.78, 5) is 4.42. The zero-order valence-electron chi connectivity index (χ0n) is 10.0. The number of aromatic nitrogens is 2. The Bertz CT molecular complexity index is 541. The first-order chi connectivity index (χ1) is 8.24. The van der Waals surface area contributed by atoms with E-state index < -0.39 is 0 Å². The fraction of sp³-hybridized carbons (Fsp3) is 0.462. The van der Waals surface area contributed by atoms with Crippen LogP contribution < -0.4 is 5.73 Å². The van der Waals surface area contributed by atoms with E-state index in [0.29, 0.717) is 11.9 Å². The van der Waals surface area contributed by atoms with E-state index in [1.165, 1.54) is 5.56 Å². The van der Waals surface area contributed by atoms with Gasteiger partial charge >= 0.3 is 0 Å². The molecule has 1 atom stereocenters. The number of rotatable bonds is 2.